The molecule has 2 aliphatic heterocycles. The summed E-state index contributed by atoms with van der Waals surface area (Å²) in [6.45, 7) is 7.21. The van der Waals surface area contributed by atoms with Crippen LogP contribution in [0.15, 0.2) is 0 Å². The minimum atomic E-state index is 0.0652. The van der Waals surface area contributed by atoms with Crippen molar-refractivity contribution >= 4 is 0 Å². The molecule has 0 aromatic heterocycles. The fourth-order valence-corrected chi connectivity index (χ4v) is 2.78. The summed E-state index contributed by atoms with van der Waals surface area (Å²) < 4.78 is 11.9. The Labute approximate surface area is 92.5 Å². The van der Waals surface area contributed by atoms with Crippen LogP contribution in [0.1, 0.15) is 39.5 Å². The van der Waals surface area contributed by atoms with E-state index in [2.05, 4.69) is 19.2 Å². The van der Waals surface area contributed by atoms with Crippen LogP contribution in [0.25, 0.3) is 0 Å². The zero-order valence-electron chi connectivity index (χ0n) is 9.92. The van der Waals surface area contributed by atoms with Crippen molar-refractivity contribution in [2.75, 3.05) is 19.7 Å². The topological polar surface area (TPSA) is 30.5 Å². The number of nitrogens with one attached hydrogen (secondary N) is 1. The summed E-state index contributed by atoms with van der Waals surface area (Å²) in [7, 11) is 0. The number of rotatable bonds is 2. The molecule has 2 saturated heterocycles. The Morgan fingerprint density at radius 2 is 2.33 bits per heavy atom. The molecule has 1 spiro atoms. The highest BCUT2D eigenvalue weighted by Gasteiger charge is 2.40. The molecule has 1 N–H and O–H groups in total. The monoisotopic (exact) mass is 213 g/mol. The molecule has 2 rings (SSSR count). The largest absolute Gasteiger partial charge is 0.378 e. The summed E-state index contributed by atoms with van der Waals surface area (Å²) in [6, 6.07) is 0. The van der Waals surface area contributed by atoms with Crippen molar-refractivity contribution in [2.45, 2.75) is 57.3 Å². The van der Waals surface area contributed by atoms with Crippen LogP contribution in [-0.4, -0.2) is 37.5 Å². The van der Waals surface area contributed by atoms with Gasteiger partial charge in [-0.25, -0.2) is 0 Å². The van der Waals surface area contributed by atoms with Gasteiger partial charge in [-0.15, -0.1) is 0 Å². The van der Waals surface area contributed by atoms with Crippen LogP contribution < -0.4 is 5.32 Å². The first-order valence-corrected chi connectivity index (χ1v) is 6.24. The maximum absolute atomic E-state index is 6.15. The first-order chi connectivity index (χ1) is 7.24. The minimum Gasteiger partial charge on any atom is -0.378 e. The molecule has 3 unspecified atom stereocenters. The molecule has 15 heavy (non-hydrogen) atoms. The molecule has 2 fully saturated rings. The fourth-order valence-electron chi connectivity index (χ4n) is 2.78. The zero-order chi connectivity index (χ0) is 10.7. The van der Waals surface area contributed by atoms with E-state index in [9.17, 15) is 0 Å². The van der Waals surface area contributed by atoms with Gasteiger partial charge in [0.05, 0.1) is 17.8 Å². The quantitative estimate of drug-likeness (QED) is 0.757. The smallest absolute Gasteiger partial charge is 0.0857 e. The molecule has 0 radical (unpaired) electrons. The predicted octanol–water partition coefficient (Wildman–Crippen LogP) is 1.71. The number of hydrogen-bond acceptors (Lipinski definition) is 3. The lowest BCUT2D eigenvalue weighted by atomic mass is 9.87. The van der Waals surface area contributed by atoms with Crippen LogP contribution in [-0.2, 0) is 9.47 Å². The highest BCUT2D eigenvalue weighted by molar-refractivity contribution is 4.93. The molecule has 2 aliphatic rings. The lowest BCUT2D eigenvalue weighted by molar-refractivity contribution is -0.174. The van der Waals surface area contributed by atoms with Gasteiger partial charge in [-0.2, -0.15) is 0 Å². The summed E-state index contributed by atoms with van der Waals surface area (Å²) >= 11 is 0. The second-order valence-corrected chi connectivity index (χ2v) is 4.98. The van der Waals surface area contributed by atoms with Gasteiger partial charge >= 0.3 is 0 Å². The maximum atomic E-state index is 6.15. The Kier molecular flexibility index (Phi) is 3.65. The maximum Gasteiger partial charge on any atom is 0.0857 e. The van der Waals surface area contributed by atoms with E-state index in [-0.39, 0.29) is 5.60 Å². The summed E-state index contributed by atoms with van der Waals surface area (Å²) in [5, 5.41) is 3.48. The van der Waals surface area contributed by atoms with Crippen molar-refractivity contribution in [1.29, 1.82) is 0 Å². The lowest BCUT2D eigenvalue weighted by Gasteiger charge is -2.45. The van der Waals surface area contributed by atoms with Crippen molar-refractivity contribution in [2.24, 2.45) is 0 Å². The third-order valence-corrected chi connectivity index (χ3v) is 3.45. The average molecular weight is 213 g/mol. The second kappa shape index (κ2) is 4.81. The van der Waals surface area contributed by atoms with E-state index in [1.165, 1.54) is 12.8 Å². The van der Waals surface area contributed by atoms with Gasteiger partial charge in [0, 0.05) is 32.5 Å². The zero-order valence-corrected chi connectivity index (χ0v) is 9.92. The highest BCUT2D eigenvalue weighted by Crippen LogP contribution is 2.32. The van der Waals surface area contributed by atoms with Crippen LogP contribution in [0.3, 0.4) is 0 Å². The van der Waals surface area contributed by atoms with Crippen molar-refractivity contribution in [1.82, 2.24) is 5.32 Å². The Balaban J connectivity index is 1.94. The average Bonchev–Trinajstić information content (AvgIpc) is 2.17. The second-order valence-electron chi connectivity index (χ2n) is 4.98. The molecule has 0 amide bonds. The number of hydrogen-bond donors (Lipinski definition) is 1. The molecule has 0 aromatic carbocycles. The van der Waals surface area contributed by atoms with Gasteiger partial charge in [0.25, 0.3) is 0 Å². The minimum absolute atomic E-state index is 0.0652. The molecule has 3 heteroatoms. The van der Waals surface area contributed by atoms with Gasteiger partial charge in [-0.1, -0.05) is 13.3 Å². The van der Waals surface area contributed by atoms with E-state index in [4.69, 9.17) is 9.47 Å². The molecular formula is C12H23NO2. The summed E-state index contributed by atoms with van der Waals surface area (Å²) in [5.41, 5.74) is 0.0652. The van der Waals surface area contributed by atoms with Crippen LogP contribution in [0.4, 0.5) is 0 Å². The summed E-state index contributed by atoms with van der Waals surface area (Å²) in [4.78, 5) is 0. The van der Waals surface area contributed by atoms with E-state index in [1.807, 2.05) is 0 Å². The van der Waals surface area contributed by atoms with Crippen molar-refractivity contribution in [3.63, 3.8) is 0 Å². The van der Waals surface area contributed by atoms with Gasteiger partial charge in [-0.3, -0.25) is 0 Å². The van der Waals surface area contributed by atoms with E-state index in [0.29, 0.717) is 12.2 Å². The predicted molar refractivity (Wildman–Crippen MR) is 60.0 cm³/mol. The van der Waals surface area contributed by atoms with E-state index in [0.717, 1.165) is 32.5 Å². The van der Waals surface area contributed by atoms with E-state index < -0.39 is 0 Å². The summed E-state index contributed by atoms with van der Waals surface area (Å²) in [6.07, 6.45) is 5.24. The van der Waals surface area contributed by atoms with Crippen LogP contribution in [0, 0.1) is 0 Å². The molecule has 3 atom stereocenters. The molecule has 2 heterocycles. The molecule has 0 saturated carbocycles. The standard InChI is InChI=1S/C12H23NO2/c1-3-4-11-7-12(5-6-14-11)9-13-8-10(2)15-12/h10-11,13H,3-9H2,1-2H3. The van der Waals surface area contributed by atoms with Crippen molar-refractivity contribution in [3.05, 3.63) is 0 Å². The molecular weight excluding hydrogens is 190 g/mol. The third kappa shape index (κ3) is 2.71. The molecule has 0 aromatic rings. The fraction of sp³-hybridized carbons (Fsp3) is 1.00. The molecule has 0 bridgehead atoms. The van der Waals surface area contributed by atoms with Crippen LogP contribution in [0.5, 0.6) is 0 Å². The normalized spacial score (nSPS) is 42.0. The number of ether oxygens (including phenoxy) is 2. The van der Waals surface area contributed by atoms with E-state index in [1.54, 1.807) is 0 Å². The Morgan fingerprint density at radius 1 is 1.47 bits per heavy atom. The SMILES string of the molecule is CCCC1CC2(CCO1)CNCC(C)O2. The molecule has 88 valence electrons. The Hall–Kier alpha value is -0.120. The van der Waals surface area contributed by atoms with Crippen LogP contribution >= 0.6 is 0 Å². The first kappa shape index (κ1) is 11.4. The van der Waals surface area contributed by atoms with Crippen molar-refractivity contribution in [3.8, 4) is 0 Å². The Morgan fingerprint density at radius 3 is 3.07 bits per heavy atom. The highest BCUT2D eigenvalue weighted by atomic mass is 16.5. The van der Waals surface area contributed by atoms with Crippen LogP contribution in [0.2, 0.25) is 0 Å². The van der Waals surface area contributed by atoms with Gasteiger partial charge < -0.3 is 14.8 Å². The molecule has 3 nitrogen and oxygen atoms in total. The van der Waals surface area contributed by atoms with Gasteiger partial charge in [-0.05, 0) is 13.3 Å². The van der Waals surface area contributed by atoms with Gasteiger partial charge in [0.2, 0.25) is 0 Å². The van der Waals surface area contributed by atoms with Gasteiger partial charge in [0.1, 0.15) is 0 Å². The summed E-state index contributed by atoms with van der Waals surface area (Å²) in [5.74, 6) is 0. The van der Waals surface area contributed by atoms with Crippen molar-refractivity contribution < 1.29 is 9.47 Å². The lowest BCUT2D eigenvalue weighted by Crippen LogP contribution is -2.57. The van der Waals surface area contributed by atoms with E-state index >= 15 is 0 Å². The number of morpholine rings is 1. The first-order valence-electron chi connectivity index (χ1n) is 6.24. The molecule has 0 aliphatic carbocycles. The van der Waals surface area contributed by atoms with Gasteiger partial charge in [0.15, 0.2) is 0 Å². The Bertz CT molecular complexity index is 204. The third-order valence-electron chi connectivity index (χ3n) is 3.45.